The summed E-state index contributed by atoms with van der Waals surface area (Å²) >= 11 is 0. The molecule has 16 heavy (non-hydrogen) atoms. The number of carbonyl (C=O) groups excluding carboxylic acids is 1. The molecule has 0 aliphatic rings. The second-order valence-corrected chi connectivity index (χ2v) is 3.84. The fourth-order valence-electron chi connectivity index (χ4n) is 1.13. The van der Waals surface area contributed by atoms with Gasteiger partial charge in [0, 0.05) is 24.8 Å². The van der Waals surface area contributed by atoms with Crippen LogP contribution in [0.3, 0.4) is 0 Å². The van der Waals surface area contributed by atoms with Gasteiger partial charge in [-0.25, -0.2) is 0 Å². The van der Waals surface area contributed by atoms with E-state index >= 15 is 0 Å². The van der Waals surface area contributed by atoms with Gasteiger partial charge in [0.15, 0.2) is 0 Å². The summed E-state index contributed by atoms with van der Waals surface area (Å²) in [6, 6.07) is 3.41. The molecule has 1 aromatic heterocycles. The first-order valence-electron chi connectivity index (χ1n) is 5.06. The molecule has 0 spiro atoms. The predicted molar refractivity (Wildman–Crippen MR) is 66.5 cm³/mol. The molecule has 0 saturated carbocycles. The van der Waals surface area contributed by atoms with Crippen molar-refractivity contribution in [1.82, 2.24) is 10.3 Å². The minimum absolute atomic E-state index is 0. The highest BCUT2D eigenvalue weighted by atomic mass is 35.5. The van der Waals surface area contributed by atoms with Crippen LogP contribution in [0.4, 0.5) is 0 Å². The molecule has 1 rings (SSSR count). The summed E-state index contributed by atoms with van der Waals surface area (Å²) in [6.45, 7) is 5.14. The number of rotatable bonds is 4. The van der Waals surface area contributed by atoms with Crippen LogP contribution < -0.4 is 11.1 Å². The normalized spacial score (nSPS) is 9.75. The van der Waals surface area contributed by atoms with Crippen LogP contribution in [0.5, 0.6) is 0 Å². The number of hydrogen-bond acceptors (Lipinski definition) is 3. The maximum Gasteiger partial charge on any atom is 0.251 e. The van der Waals surface area contributed by atoms with Gasteiger partial charge in [0.05, 0.1) is 5.69 Å². The first-order valence-corrected chi connectivity index (χ1v) is 5.06. The number of halogens is 1. The molecular weight excluding hydrogens is 226 g/mol. The number of aromatic nitrogens is 1. The van der Waals surface area contributed by atoms with Crippen molar-refractivity contribution in [3.05, 3.63) is 29.6 Å². The third-order valence-electron chi connectivity index (χ3n) is 1.96. The third-order valence-corrected chi connectivity index (χ3v) is 1.96. The minimum Gasteiger partial charge on any atom is -0.352 e. The molecule has 4 nitrogen and oxygen atoms in total. The molecule has 0 atom stereocenters. The number of carbonyl (C=O) groups is 1. The van der Waals surface area contributed by atoms with Crippen molar-refractivity contribution in [3.63, 3.8) is 0 Å². The number of nitrogens with two attached hydrogens (primary N) is 1. The Hall–Kier alpha value is -1.13. The summed E-state index contributed by atoms with van der Waals surface area (Å²) in [7, 11) is 0. The molecule has 0 bridgehead atoms. The average Bonchev–Trinajstić information content (AvgIpc) is 2.26. The van der Waals surface area contributed by atoms with Crippen LogP contribution in [0.25, 0.3) is 0 Å². The van der Waals surface area contributed by atoms with E-state index in [9.17, 15) is 4.79 Å². The summed E-state index contributed by atoms with van der Waals surface area (Å²) in [6.07, 6.45) is 1.60. The van der Waals surface area contributed by atoms with E-state index in [4.69, 9.17) is 5.73 Å². The Kier molecular flexibility index (Phi) is 6.69. The number of pyridine rings is 1. The Labute approximate surface area is 102 Å². The van der Waals surface area contributed by atoms with E-state index in [1.54, 1.807) is 18.3 Å². The Morgan fingerprint density at radius 2 is 2.25 bits per heavy atom. The van der Waals surface area contributed by atoms with Crippen LogP contribution in [0, 0.1) is 5.92 Å². The van der Waals surface area contributed by atoms with E-state index in [1.807, 2.05) is 0 Å². The highest BCUT2D eigenvalue weighted by molar-refractivity contribution is 5.94. The van der Waals surface area contributed by atoms with Gasteiger partial charge in [-0.15, -0.1) is 12.4 Å². The summed E-state index contributed by atoms with van der Waals surface area (Å²) in [4.78, 5) is 15.7. The molecule has 0 saturated heterocycles. The molecule has 0 radical (unpaired) electrons. The van der Waals surface area contributed by atoms with Gasteiger partial charge in [0.1, 0.15) is 0 Å². The van der Waals surface area contributed by atoms with Crippen molar-refractivity contribution in [1.29, 1.82) is 0 Å². The first kappa shape index (κ1) is 14.9. The lowest BCUT2D eigenvalue weighted by Crippen LogP contribution is -2.27. The SMILES string of the molecule is CC(C)CNC(=O)c1ccnc(CN)c1.Cl. The van der Waals surface area contributed by atoms with Gasteiger partial charge in [-0.2, -0.15) is 0 Å². The number of amides is 1. The van der Waals surface area contributed by atoms with Crippen molar-refractivity contribution in [3.8, 4) is 0 Å². The fraction of sp³-hybridized carbons (Fsp3) is 0.455. The second-order valence-electron chi connectivity index (χ2n) is 3.84. The second kappa shape index (κ2) is 7.19. The molecule has 1 amide bonds. The van der Waals surface area contributed by atoms with Gasteiger partial charge in [-0.1, -0.05) is 13.8 Å². The van der Waals surface area contributed by atoms with Crippen molar-refractivity contribution in [2.75, 3.05) is 6.54 Å². The van der Waals surface area contributed by atoms with Crippen LogP contribution in [0.1, 0.15) is 29.9 Å². The standard InChI is InChI=1S/C11H17N3O.ClH/c1-8(2)7-14-11(15)9-3-4-13-10(5-9)6-12;/h3-5,8H,6-7,12H2,1-2H3,(H,14,15);1H. The Balaban J connectivity index is 0.00000225. The molecule has 90 valence electrons. The fourth-order valence-corrected chi connectivity index (χ4v) is 1.13. The summed E-state index contributed by atoms with van der Waals surface area (Å²) in [5.41, 5.74) is 6.79. The van der Waals surface area contributed by atoms with E-state index in [1.165, 1.54) is 0 Å². The Morgan fingerprint density at radius 1 is 1.56 bits per heavy atom. The monoisotopic (exact) mass is 243 g/mol. The minimum atomic E-state index is -0.0687. The lowest BCUT2D eigenvalue weighted by molar-refractivity contribution is 0.0949. The van der Waals surface area contributed by atoms with Gasteiger partial charge >= 0.3 is 0 Å². The van der Waals surface area contributed by atoms with Crippen LogP contribution in [0.2, 0.25) is 0 Å². The zero-order valence-electron chi connectivity index (χ0n) is 9.56. The van der Waals surface area contributed by atoms with Crippen LogP contribution >= 0.6 is 12.4 Å². The van der Waals surface area contributed by atoms with Crippen molar-refractivity contribution in [2.45, 2.75) is 20.4 Å². The molecule has 0 aliphatic carbocycles. The molecule has 5 heteroatoms. The van der Waals surface area contributed by atoms with Crippen molar-refractivity contribution >= 4 is 18.3 Å². The van der Waals surface area contributed by atoms with E-state index in [0.717, 1.165) is 5.69 Å². The maximum absolute atomic E-state index is 11.6. The molecule has 1 heterocycles. The topological polar surface area (TPSA) is 68.0 Å². The largest absolute Gasteiger partial charge is 0.352 e. The Bertz CT molecular complexity index is 342. The smallest absolute Gasteiger partial charge is 0.251 e. The van der Waals surface area contributed by atoms with Gasteiger partial charge in [-0.3, -0.25) is 9.78 Å². The summed E-state index contributed by atoms with van der Waals surface area (Å²) in [5, 5.41) is 2.84. The summed E-state index contributed by atoms with van der Waals surface area (Å²) < 4.78 is 0. The highest BCUT2D eigenvalue weighted by Gasteiger charge is 2.06. The van der Waals surface area contributed by atoms with E-state index in [-0.39, 0.29) is 18.3 Å². The van der Waals surface area contributed by atoms with Crippen LogP contribution in [-0.4, -0.2) is 17.4 Å². The highest BCUT2D eigenvalue weighted by Crippen LogP contribution is 2.01. The van der Waals surface area contributed by atoms with E-state index in [0.29, 0.717) is 24.6 Å². The molecule has 0 fully saturated rings. The number of hydrogen-bond donors (Lipinski definition) is 2. The molecule has 0 aromatic carbocycles. The van der Waals surface area contributed by atoms with Crippen molar-refractivity contribution < 1.29 is 4.79 Å². The van der Waals surface area contributed by atoms with Gasteiger partial charge in [-0.05, 0) is 18.1 Å². The molecule has 1 aromatic rings. The first-order chi connectivity index (χ1) is 7.13. The summed E-state index contributed by atoms with van der Waals surface area (Å²) in [5.74, 6) is 0.380. The molecular formula is C11H18ClN3O. The predicted octanol–water partition coefficient (Wildman–Crippen LogP) is 1.35. The zero-order valence-corrected chi connectivity index (χ0v) is 10.4. The zero-order chi connectivity index (χ0) is 11.3. The van der Waals surface area contributed by atoms with Gasteiger partial charge in [0.2, 0.25) is 0 Å². The van der Waals surface area contributed by atoms with E-state index < -0.39 is 0 Å². The lowest BCUT2D eigenvalue weighted by Gasteiger charge is -2.07. The Morgan fingerprint density at radius 3 is 2.81 bits per heavy atom. The van der Waals surface area contributed by atoms with Crippen LogP contribution in [0.15, 0.2) is 18.3 Å². The van der Waals surface area contributed by atoms with Gasteiger partial charge in [0.25, 0.3) is 5.91 Å². The van der Waals surface area contributed by atoms with E-state index in [2.05, 4.69) is 24.1 Å². The maximum atomic E-state index is 11.6. The number of nitrogens with one attached hydrogen (secondary N) is 1. The molecule has 3 N–H and O–H groups in total. The average molecular weight is 244 g/mol. The third kappa shape index (κ3) is 4.59. The van der Waals surface area contributed by atoms with Gasteiger partial charge < -0.3 is 11.1 Å². The van der Waals surface area contributed by atoms with Crippen LogP contribution in [-0.2, 0) is 6.54 Å². The van der Waals surface area contributed by atoms with Crippen molar-refractivity contribution in [2.24, 2.45) is 11.7 Å². The lowest BCUT2D eigenvalue weighted by atomic mass is 10.2. The molecule has 0 unspecified atom stereocenters. The molecule has 0 aliphatic heterocycles. The number of nitrogens with zero attached hydrogens (tertiary/aromatic N) is 1. The quantitative estimate of drug-likeness (QED) is 0.839.